The highest BCUT2D eigenvalue weighted by atomic mass is 16.2. The van der Waals surface area contributed by atoms with Crippen molar-refractivity contribution in [2.75, 3.05) is 7.05 Å². The minimum Gasteiger partial charge on any atom is -0.334 e. The fourth-order valence-electron chi connectivity index (χ4n) is 1.78. The molecule has 0 aliphatic heterocycles. The maximum Gasteiger partial charge on any atom is 0.254 e. The van der Waals surface area contributed by atoms with Crippen LogP contribution in [0.5, 0.6) is 0 Å². The Hall–Kier alpha value is -2.17. The number of nitrogens with zero attached hydrogens (tertiary/aromatic N) is 3. The van der Waals surface area contributed by atoms with Gasteiger partial charge in [-0.15, -0.1) is 0 Å². The number of hydrogen-bond acceptors (Lipinski definition) is 3. The molecule has 0 bridgehead atoms. The third kappa shape index (κ3) is 2.56. The van der Waals surface area contributed by atoms with Gasteiger partial charge in [-0.1, -0.05) is 17.7 Å². The van der Waals surface area contributed by atoms with E-state index >= 15 is 0 Å². The third-order valence-electron chi connectivity index (χ3n) is 2.82. The van der Waals surface area contributed by atoms with Gasteiger partial charge in [-0.25, -0.2) is 4.98 Å². The van der Waals surface area contributed by atoms with Crippen LogP contribution in [-0.4, -0.2) is 33.0 Å². The SMILES string of the molecule is Cc1ccc(C)c(C(=O)N(C)Cc2ncn[nH]2)c1. The summed E-state index contributed by atoms with van der Waals surface area (Å²) in [6, 6.07) is 5.88. The summed E-state index contributed by atoms with van der Waals surface area (Å²) >= 11 is 0. The lowest BCUT2D eigenvalue weighted by atomic mass is 10.0. The summed E-state index contributed by atoms with van der Waals surface area (Å²) in [5.74, 6) is 0.670. The molecule has 0 spiro atoms. The van der Waals surface area contributed by atoms with Gasteiger partial charge in [0.25, 0.3) is 5.91 Å². The maximum atomic E-state index is 12.3. The molecule has 2 rings (SSSR count). The number of carbonyl (C=O) groups excluding carboxylic acids is 1. The molecule has 1 aromatic carbocycles. The van der Waals surface area contributed by atoms with Crippen LogP contribution in [0, 0.1) is 13.8 Å². The van der Waals surface area contributed by atoms with Gasteiger partial charge in [-0.05, 0) is 25.5 Å². The fourth-order valence-corrected chi connectivity index (χ4v) is 1.78. The topological polar surface area (TPSA) is 61.9 Å². The smallest absolute Gasteiger partial charge is 0.254 e. The Morgan fingerprint density at radius 2 is 2.17 bits per heavy atom. The summed E-state index contributed by atoms with van der Waals surface area (Å²) in [7, 11) is 1.76. The number of aryl methyl sites for hydroxylation is 2. The Bertz CT molecular complexity index is 548. The van der Waals surface area contributed by atoms with Gasteiger partial charge in [0.2, 0.25) is 0 Å². The number of hydrogen-bond donors (Lipinski definition) is 1. The first-order valence-electron chi connectivity index (χ1n) is 5.75. The van der Waals surface area contributed by atoms with Crippen molar-refractivity contribution < 1.29 is 4.79 Å². The van der Waals surface area contributed by atoms with E-state index in [1.807, 2.05) is 32.0 Å². The predicted molar refractivity (Wildman–Crippen MR) is 68.1 cm³/mol. The number of nitrogens with one attached hydrogen (secondary N) is 1. The molecule has 94 valence electrons. The average Bonchev–Trinajstić information content (AvgIpc) is 2.84. The van der Waals surface area contributed by atoms with Crippen molar-refractivity contribution in [3.8, 4) is 0 Å². The first-order valence-corrected chi connectivity index (χ1v) is 5.75. The van der Waals surface area contributed by atoms with E-state index in [1.54, 1.807) is 11.9 Å². The molecular weight excluding hydrogens is 228 g/mol. The number of amides is 1. The Morgan fingerprint density at radius 3 is 2.83 bits per heavy atom. The Balaban J connectivity index is 2.17. The zero-order valence-corrected chi connectivity index (χ0v) is 10.8. The summed E-state index contributed by atoms with van der Waals surface area (Å²) < 4.78 is 0. The molecule has 0 atom stereocenters. The molecule has 2 aromatic rings. The first kappa shape index (κ1) is 12.3. The van der Waals surface area contributed by atoms with E-state index in [0.717, 1.165) is 16.7 Å². The van der Waals surface area contributed by atoms with Crippen LogP contribution in [-0.2, 0) is 6.54 Å². The lowest BCUT2D eigenvalue weighted by molar-refractivity contribution is 0.0781. The van der Waals surface area contributed by atoms with E-state index in [0.29, 0.717) is 12.4 Å². The van der Waals surface area contributed by atoms with E-state index in [2.05, 4.69) is 15.2 Å². The van der Waals surface area contributed by atoms with Crippen LogP contribution in [0.25, 0.3) is 0 Å². The summed E-state index contributed by atoms with van der Waals surface area (Å²) in [4.78, 5) is 17.9. The Labute approximate surface area is 106 Å². The first-order chi connectivity index (χ1) is 8.58. The van der Waals surface area contributed by atoms with Crippen LogP contribution in [0.1, 0.15) is 27.3 Å². The molecule has 0 saturated carbocycles. The molecule has 5 heteroatoms. The molecule has 0 aliphatic carbocycles. The number of rotatable bonds is 3. The van der Waals surface area contributed by atoms with E-state index < -0.39 is 0 Å². The van der Waals surface area contributed by atoms with Gasteiger partial charge in [0.15, 0.2) is 0 Å². The molecule has 1 amide bonds. The summed E-state index contributed by atoms with van der Waals surface area (Å²) in [5.41, 5.74) is 2.80. The quantitative estimate of drug-likeness (QED) is 0.893. The summed E-state index contributed by atoms with van der Waals surface area (Å²) in [5, 5.41) is 6.51. The Morgan fingerprint density at radius 1 is 1.39 bits per heavy atom. The van der Waals surface area contributed by atoms with E-state index in [1.165, 1.54) is 6.33 Å². The molecule has 0 fully saturated rings. The second-order valence-corrected chi connectivity index (χ2v) is 4.41. The van der Waals surface area contributed by atoms with Gasteiger partial charge in [0.1, 0.15) is 12.2 Å². The van der Waals surface area contributed by atoms with Crippen molar-refractivity contribution in [3.63, 3.8) is 0 Å². The molecule has 0 unspecified atom stereocenters. The van der Waals surface area contributed by atoms with Crippen LogP contribution < -0.4 is 0 Å². The standard InChI is InChI=1S/C13H16N4O/c1-9-4-5-10(2)11(6-9)13(18)17(3)7-12-14-8-15-16-12/h4-6,8H,7H2,1-3H3,(H,14,15,16). The van der Waals surface area contributed by atoms with Gasteiger partial charge < -0.3 is 4.90 Å². The highest BCUT2D eigenvalue weighted by Crippen LogP contribution is 2.13. The molecule has 0 radical (unpaired) electrons. The monoisotopic (exact) mass is 244 g/mol. The molecule has 1 heterocycles. The largest absolute Gasteiger partial charge is 0.334 e. The van der Waals surface area contributed by atoms with Crippen LogP contribution in [0.3, 0.4) is 0 Å². The third-order valence-corrected chi connectivity index (χ3v) is 2.82. The minimum atomic E-state index is -0.00685. The van der Waals surface area contributed by atoms with Crippen molar-refractivity contribution in [1.29, 1.82) is 0 Å². The number of carbonyl (C=O) groups is 1. The zero-order valence-electron chi connectivity index (χ0n) is 10.8. The van der Waals surface area contributed by atoms with Crippen LogP contribution >= 0.6 is 0 Å². The maximum absolute atomic E-state index is 12.3. The van der Waals surface area contributed by atoms with Crippen LogP contribution in [0.2, 0.25) is 0 Å². The van der Waals surface area contributed by atoms with Crippen molar-refractivity contribution in [2.45, 2.75) is 20.4 Å². The lowest BCUT2D eigenvalue weighted by Gasteiger charge is -2.17. The molecule has 18 heavy (non-hydrogen) atoms. The number of benzene rings is 1. The lowest BCUT2D eigenvalue weighted by Crippen LogP contribution is -2.27. The molecule has 1 aromatic heterocycles. The number of H-pyrrole nitrogens is 1. The van der Waals surface area contributed by atoms with Gasteiger partial charge in [0.05, 0.1) is 6.54 Å². The second kappa shape index (κ2) is 5.00. The van der Waals surface area contributed by atoms with Crippen molar-refractivity contribution in [1.82, 2.24) is 20.1 Å². The summed E-state index contributed by atoms with van der Waals surface area (Å²) in [6.45, 7) is 4.34. The molecule has 1 N–H and O–H groups in total. The Kier molecular flexibility index (Phi) is 3.41. The number of aromatic amines is 1. The zero-order chi connectivity index (χ0) is 13.1. The minimum absolute atomic E-state index is 0.00685. The highest BCUT2D eigenvalue weighted by molar-refractivity contribution is 5.95. The van der Waals surface area contributed by atoms with Crippen LogP contribution in [0.4, 0.5) is 0 Å². The number of aromatic nitrogens is 3. The van der Waals surface area contributed by atoms with E-state index in [9.17, 15) is 4.79 Å². The fraction of sp³-hybridized carbons (Fsp3) is 0.308. The van der Waals surface area contributed by atoms with Gasteiger partial charge in [-0.2, -0.15) is 5.10 Å². The van der Waals surface area contributed by atoms with Gasteiger partial charge >= 0.3 is 0 Å². The molecule has 0 aliphatic rings. The molecule has 0 saturated heterocycles. The van der Waals surface area contributed by atoms with Crippen LogP contribution in [0.15, 0.2) is 24.5 Å². The summed E-state index contributed by atoms with van der Waals surface area (Å²) in [6.07, 6.45) is 1.44. The molecule has 5 nitrogen and oxygen atoms in total. The highest BCUT2D eigenvalue weighted by Gasteiger charge is 2.15. The van der Waals surface area contributed by atoms with E-state index in [-0.39, 0.29) is 5.91 Å². The average molecular weight is 244 g/mol. The normalized spacial score (nSPS) is 10.4. The van der Waals surface area contributed by atoms with Gasteiger partial charge in [0, 0.05) is 12.6 Å². The van der Waals surface area contributed by atoms with Crippen molar-refractivity contribution >= 4 is 5.91 Å². The van der Waals surface area contributed by atoms with Crippen molar-refractivity contribution in [3.05, 3.63) is 47.0 Å². The van der Waals surface area contributed by atoms with E-state index in [4.69, 9.17) is 0 Å². The van der Waals surface area contributed by atoms with Gasteiger partial charge in [-0.3, -0.25) is 9.89 Å². The molecular formula is C13H16N4O. The second-order valence-electron chi connectivity index (χ2n) is 4.41. The van der Waals surface area contributed by atoms with Crippen molar-refractivity contribution in [2.24, 2.45) is 0 Å². The predicted octanol–water partition coefficient (Wildman–Crippen LogP) is 1.69.